The lowest BCUT2D eigenvalue weighted by Gasteiger charge is -2.12. The van der Waals surface area contributed by atoms with Crippen LogP contribution >= 0.6 is 0 Å². The fourth-order valence-corrected chi connectivity index (χ4v) is 1.11. The van der Waals surface area contributed by atoms with Gasteiger partial charge in [-0.1, -0.05) is 0 Å². The molecule has 1 aromatic rings. The first-order chi connectivity index (χ1) is 8.17. The predicted molar refractivity (Wildman–Crippen MR) is 48.8 cm³/mol. The van der Waals surface area contributed by atoms with Crippen LogP contribution < -0.4 is 14.6 Å². The molecule has 0 amide bonds. The number of esters is 1. The SMILES string of the molecule is CC(=O)Oc1cc(OC(F)(F)F)cc(C(=O)[O-])c1. The van der Waals surface area contributed by atoms with Crippen molar-refractivity contribution in [3.8, 4) is 11.5 Å². The molecule has 0 aliphatic heterocycles. The van der Waals surface area contributed by atoms with Gasteiger partial charge in [0.25, 0.3) is 0 Å². The molecule has 0 N–H and O–H groups in total. The van der Waals surface area contributed by atoms with E-state index in [2.05, 4.69) is 9.47 Å². The topological polar surface area (TPSA) is 75.7 Å². The van der Waals surface area contributed by atoms with Crippen molar-refractivity contribution in [2.45, 2.75) is 13.3 Å². The maximum atomic E-state index is 12.0. The van der Waals surface area contributed by atoms with E-state index in [9.17, 15) is 27.9 Å². The molecule has 0 aromatic heterocycles. The average molecular weight is 263 g/mol. The molecule has 1 rings (SSSR count). The van der Waals surface area contributed by atoms with E-state index in [-0.39, 0.29) is 5.75 Å². The Labute approximate surface area is 98.7 Å². The van der Waals surface area contributed by atoms with Gasteiger partial charge in [-0.2, -0.15) is 0 Å². The Balaban J connectivity index is 3.13. The van der Waals surface area contributed by atoms with Crippen LogP contribution in [0.15, 0.2) is 18.2 Å². The highest BCUT2D eigenvalue weighted by Crippen LogP contribution is 2.28. The summed E-state index contributed by atoms with van der Waals surface area (Å²) in [5.74, 6) is -3.75. The molecule has 0 saturated carbocycles. The summed E-state index contributed by atoms with van der Waals surface area (Å²) < 4.78 is 43.9. The van der Waals surface area contributed by atoms with Crippen molar-refractivity contribution in [2.75, 3.05) is 0 Å². The zero-order valence-electron chi connectivity index (χ0n) is 8.91. The van der Waals surface area contributed by atoms with Gasteiger partial charge in [0.05, 0.1) is 5.97 Å². The van der Waals surface area contributed by atoms with Crippen LogP contribution in [0.25, 0.3) is 0 Å². The van der Waals surface area contributed by atoms with Gasteiger partial charge >= 0.3 is 12.3 Å². The number of carboxylic acids is 1. The lowest BCUT2D eigenvalue weighted by Crippen LogP contribution is -2.23. The van der Waals surface area contributed by atoms with Gasteiger partial charge in [-0.3, -0.25) is 4.79 Å². The molecule has 0 saturated heterocycles. The van der Waals surface area contributed by atoms with E-state index in [4.69, 9.17) is 0 Å². The van der Waals surface area contributed by atoms with Crippen LogP contribution in [0, 0.1) is 0 Å². The quantitative estimate of drug-likeness (QED) is 0.597. The first kappa shape index (κ1) is 13.8. The number of hydrogen-bond acceptors (Lipinski definition) is 5. The van der Waals surface area contributed by atoms with E-state index in [1.54, 1.807) is 0 Å². The Morgan fingerprint density at radius 2 is 1.72 bits per heavy atom. The van der Waals surface area contributed by atoms with Crippen molar-refractivity contribution in [3.63, 3.8) is 0 Å². The van der Waals surface area contributed by atoms with Gasteiger partial charge in [0.2, 0.25) is 0 Å². The van der Waals surface area contributed by atoms with Crippen LogP contribution in [-0.4, -0.2) is 18.3 Å². The van der Waals surface area contributed by atoms with Crippen LogP contribution in [0.2, 0.25) is 0 Å². The molecule has 0 spiro atoms. The summed E-state index contributed by atoms with van der Waals surface area (Å²) in [6.45, 7) is 1.01. The number of benzene rings is 1. The minimum absolute atomic E-state index is 0.386. The maximum absolute atomic E-state index is 12.0. The number of alkyl halides is 3. The highest BCUT2D eigenvalue weighted by Gasteiger charge is 2.31. The van der Waals surface area contributed by atoms with E-state index in [0.29, 0.717) is 6.07 Å². The molecule has 18 heavy (non-hydrogen) atoms. The molecular formula is C10H6F3O5-. The highest BCUT2D eigenvalue weighted by atomic mass is 19.4. The third-order valence-electron chi connectivity index (χ3n) is 1.61. The number of carbonyl (C=O) groups is 2. The molecule has 0 bridgehead atoms. The zero-order valence-corrected chi connectivity index (χ0v) is 8.91. The number of carboxylic acid groups (broad SMARTS) is 1. The second kappa shape index (κ2) is 4.94. The summed E-state index contributed by atoms with van der Waals surface area (Å²) >= 11 is 0. The fourth-order valence-electron chi connectivity index (χ4n) is 1.11. The molecule has 0 aliphatic carbocycles. The number of ether oxygens (including phenoxy) is 2. The van der Waals surface area contributed by atoms with Crippen LogP contribution in [0.5, 0.6) is 11.5 Å². The highest BCUT2D eigenvalue weighted by molar-refractivity contribution is 5.87. The third-order valence-corrected chi connectivity index (χ3v) is 1.61. The smallest absolute Gasteiger partial charge is 0.545 e. The Kier molecular flexibility index (Phi) is 3.79. The van der Waals surface area contributed by atoms with Gasteiger partial charge in [0, 0.05) is 18.6 Å². The summed E-state index contributed by atoms with van der Waals surface area (Å²) in [5.41, 5.74) is -0.604. The van der Waals surface area contributed by atoms with Crippen molar-refractivity contribution in [2.24, 2.45) is 0 Å². The van der Waals surface area contributed by atoms with Gasteiger partial charge in [0.1, 0.15) is 11.5 Å². The van der Waals surface area contributed by atoms with E-state index in [1.165, 1.54) is 0 Å². The molecule has 0 aliphatic rings. The van der Waals surface area contributed by atoms with E-state index < -0.39 is 29.6 Å². The van der Waals surface area contributed by atoms with Gasteiger partial charge in [-0.25, -0.2) is 0 Å². The van der Waals surface area contributed by atoms with Crippen molar-refractivity contribution >= 4 is 11.9 Å². The normalized spacial score (nSPS) is 10.9. The van der Waals surface area contributed by atoms with Gasteiger partial charge < -0.3 is 19.4 Å². The van der Waals surface area contributed by atoms with Crippen LogP contribution in [0.1, 0.15) is 17.3 Å². The van der Waals surface area contributed by atoms with Crippen molar-refractivity contribution < 1.29 is 37.3 Å². The molecule has 8 heteroatoms. The molecule has 0 atom stereocenters. The number of rotatable bonds is 3. The van der Waals surface area contributed by atoms with Crippen LogP contribution in [0.3, 0.4) is 0 Å². The minimum atomic E-state index is -4.99. The summed E-state index contributed by atoms with van der Waals surface area (Å²) in [4.78, 5) is 21.2. The van der Waals surface area contributed by atoms with Crippen LogP contribution in [-0.2, 0) is 4.79 Å². The van der Waals surface area contributed by atoms with E-state index in [1.807, 2.05) is 0 Å². The molecule has 1 aromatic carbocycles. The standard InChI is InChI=1S/C10H7F3O5/c1-5(14)17-7-2-6(9(15)16)3-8(4-7)18-10(11,12)13/h2-4H,1H3,(H,15,16)/p-1. The fraction of sp³-hybridized carbons (Fsp3) is 0.200. The molecule has 0 unspecified atom stereocenters. The number of carbonyl (C=O) groups excluding carboxylic acids is 2. The Morgan fingerprint density at radius 1 is 1.17 bits per heavy atom. The van der Waals surface area contributed by atoms with Gasteiger partial charge in [-0.15, -0.1) is 13.2 Å². The predicted octanol–water partition coefficient (Wildman–Crippen LogP) is 0.874. The van der Waals surface area contributed by atoms with Gasteiger partial charge in [-0.05, 0) is 12.1 Å². The summed E-state index contributed by atoms with van der Waals surface area (Å²) in [6.07, 6.45) is -4.99. The maximum Gasteiger partial charge on any atom is 0.573 e. The lowest BCUT2D eigenvalue weighted by molar-refractivity contribution is -0.275. The molecule has 0 fully saturated rings. The molecule has 0 radical (unpaired) electrons. The second-order valence-electron chi connectivity index (χ2n) is 3.12. The largest absolute Gasteiger partial charge is 0.573 e. The zero-order chi connectivity index (χ0) is 13.9. The third kappa shape index (κ3) is 4.32. The number of hydrogen-bond donors (Lipinski definition) is 0. The van der Waals surface area contributed by atoms with Crippen molar-refractivity contribution in [1.29, 1.82) is 0 Å². The monoisotopic (exact) mass is 263 g/mol. The van der Waals surface area contributed by atoms with Gasteiger partial charge in [0.15, 0.2) is 0 Å². The summed E-state index contributed by atoms with van der Waals surface area (Å²) in [7, 11) is 0. The van der Waals surface area contributed by atoms with E-state index >= 15 is 0 Å². The summed E-state index contributed by atoms with van der Waals surface area (Å²) in [5, 5.41) is 10.6. The summed E-state index contributed by atoms with van der Waals surface area (Å²) in [6, 6.07) is 2.19. The average Bonchev–Trinajstić information content (AvgIpc) is 2.12. The second-order valence-corrected chi connectivity index (χ2v) is 3.12. The Hall–Kier alpha value is -2.25. The molecule has 5 nitrogen and oxygen atoms in total. The Morgan fingerprint density at radius 3 is 2.17 bits per heavy atom. The first-order valence-corrected chi connectivity index (χ1v) is 4.48. The van der Waals surface area contributed by atoms with Crippen molar-refractivity contribution in [3.05, 3.63) is 23.8 Å². The molecule has 0 heterocycles. The van der Waals surface area contributed by atoms with Crippen LogP contribution in [0.4, 0.5) is 13.2 Å². The Bertz CT molecular complexity index is 481. The minimum Gasteiger partial charge on any atom is -0.545 e. The molecular weight excluding hydrogens is 257 g/mol. The lowest BCUT2D eigenvalue weighted by atomic mass is 10.2. The molecule has 98 valence electrons. The van der Waals surface area contributed by atoms with Crippen molar-refractivity contribution in [1.82, 2.24) is 0 Å². The van der Waals surface area contributed by atoms with E-state index in [0.717, 1.165) is 19.1 Å². The first-order valence-electron chi connectivity index (χ1n) is 4.48. The number of aromatic carboxylic acids is 1. The number of halogens is 3.